The number of hydrogen-bond donors (Lipinski definition) is 1. The van der Waals surface area contributed by atoms with Crippen LogP contribution in [-0.2, 0) is 6.54 Å². The molecular weight excluding hydrogens is 308 g/mol. The molecule has 0 saturated heterocycles. The number of anilines is 1. The molecule has 0 aliphatic carbocycles. The van der Waals surface area contributed by atoms with Gasteiger partial charge in [-0.05, 0) is 29.8 Å². The summed E-state index contributed by atoms with van der Waals surface area (Å²) in [6, 6.07) is 22.2. The summed E-state index contributed by atoms with van der Waals surface area (Å²) < 4.78 is 2.14. The number of nitrogens with zero attached hydrogens (tertiary/aromatic N) is 3. The summed E-state index contributed by atoms with van der Waals surface area (Å²) in [4.78, 5) is 8.92. The summed E-state index contributed by atoms with van der Waals surface area (Å²) >= 11 is 0. The molecule has 0 aliphatic heterocycles. The highest BCUT2D eigenvalue weighted by Gasteiger charge is 2.07. The van der Waals surface area contributed by atoms with Crippen LogP contribution in [0.15, 0.2) is 85.3 Å². The molecule has 2 heterocycles. The Balaban J connectivity index is 1.60. The molecule has 2 aromatic carbocycles. The molecule has 122 valence electrons. The van der Waals surface area contributed by atoms with Gasteiger partial charge in [0.2, 0.25) is 0 Å². The Hall–Kier alpha value is -3.40. The highest BCUT2D eigenvalue weighted by molar-refractivity contribution is 5.65. The van der Waals surface area contributed by atoms with Crippen LogP contribution in [0.3, 0.4) is 0 Å². The average molecular weight is 326 g/mol. The van der Waals surface area contributed by atoms with Crippen LogP contribution in [-0.4, -0.2) is 14.5 Å². The van der Waals surface area contributed by atoms with Crippen LogP contribution in [0.4, 0.5) is 5.69 Å². The van der Waals surface area contributed by atoms with Gasteiger partial charge in [-0.25, -0.2) is 4.98 Å². The first-order chi connectivity index (χ1) is 12.3. The van der Waals surface area contributed by atoms with E-state index < -0.39 is 0 Å². The highest BCUT2D eigenvalue weighted by Crippen LogP contribution is 2.23. The monoisotopic (exact) mass is 326 g/mol. The zero-order valence-electron chi connectivity index (χ0n) is 13.7. The summed E-state index contributed by atoms with van der Waals surface area (Å²) in [6.45, 7) is 0.762. The van der Waals surface area contributed by atoms with Gasteiger partial charge in [0.05, 0.1) is 5.69 Å². The molecule has 0 amide bonds. The van der Waals surface area contributed by atoms with Gasteiger partial charge in [-0.3, -0.25) is 4.98 Å². The van der Waals surface area contributed by atoms with Crippen LogP contribution in [0, 0.1) is 0 Å². The van der Waals surface area contributed by atoms with Crippen molar-refractivity contribution in [3.63, 3.8) is 0 Å². The van der Waals surface area contributed by atoms with E-state index in [-0.39, 0.29) is 0 Å². The number of imidazole rings is 1. The van der Waals surface area contributed by atoms with Crippen molar-refractivity contribution in [2.45, 2.75) is 6.54 Å². The first-order valence-corrected chi connectivity index (χ1v) is 8.17. The molecule has 4 heteroatoms. The van der Waals surface area contributed by atoms with E-state index in [1.54, 1.807) is 0 Å². The summed E-state index contributed by atoms with van der Waals surface area (Å²) in [5, 5.41) is 0. The predicted octanol–water partition coefficient (Wildman–Crippen LogP) is 4.24. The highest BCUT2D eigenvalue weighted by atomic mass is 15.1. The fourth-order valence-electron chi connectivity index (χ4n) is 2.84. The van der Waals surface area contributed by atoms with Gasteiger partial charge in [0, 0.05) is 41.9 Å². The van der Waals surface area contributed by atoms with E-state index in [4.69, 9.17) is 5.73 Å². The van der Waals surface area contributed by atoms with Crippen molar-refractivity contribution in [2.24, 2.45) is 0 Å². The largest absolute Gasteiger partial charge is 0.399 e. The quantitative estimate of drug-likeness (QED) is 0.571. The maximum absolute atomic E-state index is 5.76. The summed E-state index contributed by atoms with van der Waals surface area (Å²) in [5.41, 5.74) is 10.9. The molecule has 0 radical (unpaired) electrons. The van der Waals surface area contributed by atoms with Gasteiger partial charge in [-0.2, -0.15) is 0 Å². The van der Waals surface area contributed by atoms with Crippen molar-refractivity contribution in [1.82, 2.24) is 14.5 Å². The average Bonchev–Trinajstić information content (AvgIpc) is 3.13. The van der Waals surface area contributed by atoms with E-state index in [1.807, 2.05) is 61.1 Å². The number of nitrogen functional groups attached to an aromatic ring is 1. The van der Waals surface area contributed by atoms with E-state index in [0.29, 0.717) is 0 Å². The summed E-state index contributed by atoms with van der Waals surface area (Å²) in [5.74, 6) is 0.949. The summed E-state index contributed by atoms with van der Waals surface area (Å²) in [6.07, 6.45) is 5.64. The minimum atomic E-state index is 0.762. The van der Waals surface area contributed by atoms with Crippen LogP contribution < -0.4 is 5.73 Å². The second-order valence-electron chi connectivity index (χ2n) is 5.91. The van der Waals surface area contributed by atoms with E-state index >= 15 is 0 Å². The fraction of sp³-hybridized carbons (Fsp3) is 0.0476. The number of hydrogen-bond acceptors (Lipinski definition) is 3. The second-order valence-corrected chi connectivity index (χ2v) is 5.91. The van der Waals surface area contributed by atoms with Crippen molar-refractivity contribution in [2.75, 3.05) is 5.73 Å². The van der Waals surface area contributed by atoms with E-state index in [1.165, 1.54) is 5.56 Å². The third-order valence-electron chi connectivity index (χ3n) is 4.15. The Morgan fingerprint density at radius 2 is 1.52 bits per heavy atom. The van der Waals surface area contributed by atoms with E-state index in [2.05, 4.69) is 38.8 Å². The van der Waals surface area contributed by atoms with Crippen LogP contribution in [0.5, 0.6) is 0 Å². The molecule has 0 aliphatic rings. The molecule has 0 saturated carbocycles. The number of benzene rings is 2. The molecule has 4 aromatic rings. The Morgan fingerprint density at radius 3 is 2.24 bits per heavy atom. The van der Waals surface area contributed by atoms with Crippen molar-refractivity contribution < 1.29 is 0 Å². The number of aromatic nitrogens is 3. The molecular formula is C21H18N4. The molecule has 0 bridgehead atoms. The minimum absolute atomic E-state index is 0.762. The van der Waals surface area contributed by atoms with Gasteiger partial charge < -0.3 is 10.3 Å². The minimum Gasteiger partial charge on any atom is -0.399 e. The lowest BCUT2D eigenvalue weighted by molar-refractivity contribution is 0.807. The maximum Gasteiger partial charge on any atom is 0.140 e. The zero-order chi connectivity index (χ0) is 17.1. The van der Waals surface area contributed by atoms with Crippen molar-refractivity contribution in [3.8, 4) is 22.6 Å². The number of pyridine rings is 1. The number of rotatable bonds is 4. The maximum atomic E-state index is 5.76. The third kappa shape index (κ3) is 3.28. The Morgan fingerprint density at radius 1 is 0.760 bits per heavy atom. The molecule has 25 heavy (non-hydrogen) atoms. The molecule has 4 rings (SSSR count). The van der Waals surface area contributed by atoms with Crippen molar-refractivity contribution >= 4 is 5.69 Å². The molecule has 2 aromatic heterocycles. The van der Waals surface area contributed by atoms with Gasteiger partial charge in [0.1, 0.15) is 5.82 Å². The zero-order valence-corrected chi connectivity index (χ0v) is 13.7. The van der Waals surface area contributed by atoms with Gasteiger partial charge in [-0.1, -0.05) is 42.5 Å². The molecule has 0 unspecified atom stereocenters. The lowest BCUT2D eigenvalue weighted by Crippen LogP contribution is -2.01. The van der Waals surface area contributed by atoms with Gasteiger partial charge in [0.15, 0.2) is 0 Å². The lowest BCUT2D eigenvalue weighted by Gasteiger charge is -2.09. The number of nitrogens with two attached hydrogens (primary N) is 1. The van der Waals surface area contributed by atoms with Crippen molar-refractivity contribution in [3.05, 3.63) is 90.9 Å². The SMILES string of the molecule is Nc1ccc(Cn2ccnc2-c2ccc(-c3ccccn3)cc2)cc1. The van der Waals surface area contributed by atoms with Crippen LogP contribution in [0.25, 0.3) is 22.6 Å². The normalized spacial score (nSPS) is 10.7. The van der Waals surface area contributed by atoms with Crippen LogP contribution in [0.1, 0.15) is 5.56 Å². The summed E-state index contributed by atoms with van der Waals surface area (Å²) in [7, 11) is 0. The van der Waals surface area contributed by atoms with Gasteiger partial charge >= 0.3 is 0 Å². The van der Waals surface area contributed by atoms with Gasteiger partial charge in [-0.15, -0.1) is 0 Å². The third-order valence-corrected chi connectivity index (χ3v) is 4.15. The van der Waals surface area contributed by atoms with Crippen LogP contribution in [0.2, 0.25) is 0 Å². The first-order valence-electron chi connectivity index (χ1n) is 8.17. The molecule has 0 spiro atoms. The van der Waals surface area contributed by atoms with Crippen LogP contribution >= 0.6 is 0 Å². The van der Waals surface area contributed by atoms with Gasteiger partial charge in [0.25, 0.3) is 0 Å². The molecule has 2 N–H and O–H groups in total. The topological polar surface area (TPSA) is 56.7 Å². The molecule has 0 fully saturated rings. The Kier molecular flexibility index (Phi) is 4.01. The Bertz CT molecular complexity index is 955. The van der Waals surface area contributed by atoms with Crippen molar-refractivity contribution in [1.29, 1.82) is 0 Å². The molecule has 4 nitrogen and oxygen atoms in total. The smallest absolute Gasteiger partial charge is 0.140 e. The second kappa shape index (κ2) is 6.61. The Labute approximate surface area is 146 Å². The predicted molar refractivity (Wildman–Crippen MR) is 101 cm³/mol. The first kappa shape index (κ1) is 15.1. The van der Waals surface area contributed by atoms with E-state index in [9.17, 15) is 0 Å². The lowest BCUT2D eigenvalue weighted by atomic mass is 10.1. The fourth-order valence-corrected chi connectivity index (χ4v) is 2.84. The standard InChI is InChI=1S/C21H18N4/c22-19-10-4-16(5-11-19)15-25-14-13-24-21(25)18-8-6-17(7-9-18)20-3-1-2-12-23-20/h1-14H,15,22H2. The molecule has 0 atom stereocenters. The van der Waals surface area contributed by atoms with E-state index in [0.717, 1.165) is 34.9 Å².